The van der Waals surface area contributed by atoms with Crippen LogP contribution >= 0.6 is 0 Å². The minimum Gasteiger partial charge on any atom is -0.497 e. The number of amides is 1. The van der Waals surface area contributed by atoms with Gasteiger partial charge >= 0.3 is 0 Å². The number of methoxy groups -OCH3 is 1. The van der Waals surface area contributed by atoms with Crippen molar-refractivity contribution < 1.29 is 9.53 Å². The van der Waals surface area contributed by atoms with Crippen LogP contribution in [0.2, 0.25) is 0 Å². The Morgan fingerprint density at radius 2 is 1.50 bits per heavy atom. The summed E-state index contributed by atoms with van der Waals surface area (Å²) in [6.45, 7) is 5.01. The average Bonchev–Trinajstić information content (AvgIpc) is 2.79. The van der Waals surface area contributed by atoms with Gasteiger partial charge in [0.05, 0.1) is 12.7 Å². The first kappa shape index (κ1) is 18.5. The van der Waals surface area contributed by atoms with Crippen molar-refractivity contribution in [2.45, 2.75) is 19.3 Å². The van der Waals surface area contributed by atoms with E-state index in [0.29, 0.717) is 18.7 Å². The third-order valence-corrected chi connectivity index (χ3v) is 5.53. The molecule has 7 nitrogen and oxygen atoms in total. The molecule has 148 valence electrons. The highest BCUT2D eigenvalue weighted by Crippen LogP contribution is 2.21. The SMILES string of the molecule is COc1ccc(N2CCN(C(=O)c3cnc(N4CCCCC4)nc3)CC2)cc1. The molecule has 4 rings (SSSR count). The van der Waals surface area contributed by atoms with Crippen molar-refractivity contribution >= 4 is 17.5 Å². The van der Waals surface area contributed by atoms with Crippen LogP contribution in [-0.2, 0) is 0 Å². The third kappa shape index (κ3) is 4.03. The van der Waals surface area contributed by atoms with E-state index in [1.54, 1.807) is 19.5 Å². The molecule has 2 aliphatic heterocycles. The fourth-order valence-electron chi connectivity index (χ4n) is 3.83. The van der Waals surface area contributed by atoms with Crippen LogP contribution in [0.4, 0.5) is 11.6 Å². The van der Waals surface area contributed by atoms with Gasteiger partial charge in [0.15, 0.2) is 0 Å². The summed E-state index contributed by atoms with van der Waals surface area (Å²) in [6.07, 6.45) is 6.99. The highest BCUT2D eigenvalue weighted by Gasteiger charge is 2.23. The predicted octanol–water partition coefficient (Wildman–Crippen LogP) is 2.44. The van der Waals surface area contributed by atoms with Crippen molar-refractivity contribution in [2.75, 3.05) is 56.2 Å². The van der Waals surface area contributed by atoms with Gasteiger partial charge < -0.3 is 19.4 Å². The average molecular weight is 381 g/mol. The molecule has 7 heteroatoms. The number of piperazine rings is 1. The number of hydrogen-bond donors (Lipinski definition) is 0. The molecule has 0 N–H and O–H groups in total. The Kier molecular flexibility index (Phi) is 5.60. The molecule has 1 aromatic heterocycles. The molecule has 3 heterocycles. The zero-order chi connectivity index (χ0) is 19.3. The van der Waals surface area contributed by atoms with E-state index in [1.807, 2.05) is 17.0 Å². The molecule has 1 amide bonds. The normalized spacial score (nSPS) is 17.5. The van der Waals surface area contributed by atoms with E-state index in [0.717, 1.165) is 43.6 Å². The maximum Gasteiger partial charge on any atom is 0.257 e. The van der Waals surface area contributed by atoms with E-state index in [2.05, 4.69) is 31.9 Å². The Balaban J connectivity index is 1.34. The molecule has 0 spiro atoms. The molecule has 0 aliphatic carbocycles. The topological polar surface area (TPSA) is 61.8 Å². The number of piperidine rings is 1. The largest absolute Gasteiger partial charge is 0.497 e. The van der Waals surface area contributed by atoms with Crippen LogP contribution in [0.5, 0.6) is 5.75 Å². The predicted molar refractivity (Wildman–Crippen MR) is 109 cm³/mol. The maximum atomic E-state index is 12.8. The second-order valence-corrected chi connectivity index (χ2v) is 7.30. The van der Waals surface area contributed by atoms with Crippen LogP contribution in [0.3, 0.4) is 0 Å². The number of aromatic nitrogens is 2. The van der Waals surface area contributed by atoms with E-state index in [-0.39, 0.29) is 5.91 Å². The third-order valence-electron chi connectivity index (χ3n) is 5.53. The monoisotopic (exact) mass is 381 g/mol. The number of benzene rings is 1. The van der Waals surface area contributed by atoms with Gasteiger partial charge in [-0.25, -0.2) is 9.97 Å². The number of nitrogens with zero attached hydrogens (tertiary/aromatic N) is 5. The van der Waals surface area contributed by atoms with Crippen LogP contribution < -0.4 is 14.5 Å². The Morgan fingerprint density at radius 1 is 0.857 bits per heavy atom. The Labute approximate surface area is 165 Å². The standard InChI is InChI=1S/C21H27N5O2/c1-28-19-7-5-18(6-8-19)24-11-13-25(14-12-24)20(27)17-15-22-21(23-16-17)26-9-3-2-4-10-26/h5-8,15-16H,2-4,9-14H2,1H3. The number of ether oxygens (including phenoxy) is 1. The zero-order valence-corrected chi connectivity index (χ0v) is 16.4. The molecule has 0 saturated carbocycles. The number of hydrogen-bond acceptors (Lipinski definition) is 6. The molecule has 2 aromatic rings. The van der Waals surface area contributed by atoms with Crippen molar-refractivity contribution in [1.82, 2.24) is 14.9 Å². The molecule has 2 aliphatic rings. The summed E-state index contributed by atoms with van der Waals surface area (Å²) < 4.78 is 5.21. The van der Waals surface area contributed by atoms with Gasteiger partial charge in [-0.05, 0) is 43.5 Å². The molecular formula is C21H27N5O2. The molecule has 1 aromatic carbocycles. The summed E-state index contributed by atoms with van der Waals surface area (Å²) in [5.74, 6) is 1.60. The fourth-order valence-corrected chi connectivity index (χ4v) is 3.83. The lowest BCUT2D eigenvalue weighted by atomic mass is 10.1. The lowest BCUT2D eigenvalue weighted by molar-refractivity contribution is 0.0746. The smallest absolute Gasteiger partial charge is 0.257 e. The minimum absolute atomic E-state index is 0.0135. The van der Waals surface area contributed by atoms with Gasteiger partial charge in [0.1, 0.15) is 5.75 Å². The first-order chi connectivity index (χ1) is 13.7. The van der Waals surface area contributed by atoms with E-state index in [4.69, 9.17) is 4.74 Å². The molecule has 28 heavy (non-hydrogen) atoms. The first-order valence-corrected chi connectivity index (χ1v) is 10.00. The van der Waals surface area contributed by atoms with Crippen molar-refractivity contribution in [3.05, 3.63) is 42.2 Å². The molecule has 0 atom stereocenters. The molecule has 0 bridgehead atoms. The Hall–Kier alpha value is -2.83. The van der Waals surface area contributed by atoms with E-state index >= 15 is 0 Å². The molecular weight excluding hydrogens is 354 g/mol. The van der Waals surface area contributed by atoms with E-state index in [9.17, 15) is 4.79 Å². The molecule has 2 saturated heterocycles. The maximum absolute atomic E-state index is 12.8. The van der Waals surface area contributed by atoms with Gasteiger partial charge in [-0.15, -0.1) is 0 Å². The van der Waals surface area contributed by atoms with Crippen LogP contribution in [0, 0.1) is 0 Å². The lowest BCUT2D eigenvalue weighted by Crippen LogP contribution is -2.48. The van der Waals surface area contributed by atoms with Crippen LogP contribution in [0.25, 0.3) is 0 Å². The number of rotatable bonds is 4. The van der Waals surface area contributed by atoms with Crippen LogP contribution in [0.15, 0.2) is 36.7 Å². The van der Waals surface area contributed by atoms with Gasteiger partial charge in [-0.1, -0.05) is 0 Å². The van der Waals surface area contributed by atoms with Gasteiger partial charge in [0, 0.05) is 57.3 Å². The van der Waals surface area contributed by atoms with E-state index in [1.165, 1.54) is 19.3 Å². The first-order valence-electron chi connectivity index (χ1n) is 10.00. The molecule has 0 radical (unpaired) electrons. The molecule has 0 unspecified atom stereocenters. The van der Waals surface area contributed by atoms with Crippen molar-refractivity contribution in [2.24, 2.45) is 0 Å². The van der Waals surface area contributed by atoms with Gasteiger partial charge in [-0.3, -0.25) is 4.79 Å². The fraction of sp³-hybridized carbons (Fsp3) is 0.476. The summed E-state index contributed by atoms with van der Waals surface area (Å²) >= 11 is 0. The van der Waals surface area contributed by atoms with E-state index < -0.39 is 0 Å². The second kappa shape index (κ2) is 8.46. The quantitative estimate of drug-likeness (QED) is 0.811. The zero-order valence-electron chi connectivity index (χ0n) is 16.4. The van der Waals surface area contributed by atoms with Crippen molar-refractivity contribution in [3.8, 4) is 5.75 Å². The van der Waals surface area contributed by atoms with Gasteiger partial charge in [-0.2, -0.15) is 0 Å². The Bertz CT molecular complexity index is 779. The minimum atomic E-state index is 0.0135. The summed E-state index contributed by atoms with van der Waals surface area (Å²) in [5, 5.41) is 0. The summed E-state index contributed by atoms with van der Waals surface area (Å²) in [7, 11) is 1.67. The lowest BCUT2D eigenvalue weighted by Gasteiger charge is -2.36. The van der Waals surface area contributed by atoms with Gasteiger partial charge in [0.2, 0.25) is 5.95 Å². The number of carbonyl (C=O) groups is 1. The van der Waals surface area contributed by atoms with Crippen molar-refractivity contribution in [3.63, 3.8) is 0 Å². The van der Waals surface area contributed by atoms with Crippen molar-refractivity contribution in [1.29, 1.82) is 0 Å². The number of carbonyl (C=O) groups excluding carboxylic acids is 1. The van der Waals surface area contributed by atoms with Gasteiger partial charge in [0.25, 0.3) is 5.91 Å². The summed E-state index contributed by atoms with van der Waals surface area (Å²) in [5.41, 5.74) is 1.72. The highest BCUT2D eigenvalue weighted by atomic mass is 16.5. The Morgan fingerprint density at radius 3 is 2.11 bits per heavy atom. The summed E-state index contributed by atoms with van der Waals surface area (Å²) in [6, 6.07) is 8.05. The molecule has 2 fully saturated rings. The number of anilines is 2. The highest BCUT2D eigenvalue weighted by molar-refractivity contribution is 5.93. The van der Waals surface area contributed by atoms with Crippen LogP contribution in [-0.4, -0.2) is 67.2 Å². The second-order valence-electron chi connectivity index (χ2n) is 7.30. The summed E-state index contributed by atoms with van der Waals surface area (Å²) in [4.78, 5) is 28.1. The van der Waals surface area contributed by atoms with Crippen LogP contribution in [0.1, 0.15) is 29.6 Å².